The Kier molecular flexibility index (Phi) is 8.11. The number of nitrogens with zero attached hydrogens (tertiary/aromatic N) is 3. The Bertz CT molecular complexity index is 1110. The lowest BCUT2D eigenvalue weighted by Crippen LogP contribution is -2.60. The molecule has 2 bridgehead atoms. The largest absolute Gasteiger partial charge is 0.395 e. The summed E-state index contributed by atoms with van der Waals surface area (Å²) in [6.07, 6.45) is 5.02. The zero-order valence-corrected chi connectivity index (χ0v) is 23.8. The van der Waals surface area contributed by atoms with Crippen LogP contribution < -0.4 is 0 Å². The molecule has 39 heavy (non-hydrogen) atoms. The Morgan fingerprint density at radius 3 is 2.36 bits per heavy atom. The molecule has 0 aromatic heterocycles. The summed E-state index contributed by atoms with van der Waals surface area (Å²) in [4.78, 5) is 47.8. The SMILES string of the molecule is C=CCN(Cc1ccccc1)C(=O)[C@H]1[C@H]2C(=O)N(CCO)C(C(=O)N(CC=C)C(C)(C)C)C23CC[C@]1(CC)O3. The summed E-state index contributed by atoms with van der Waals surface area (Å²) in [5.41, 5.74) is -1.51. The van der Waals surface area contributed by atoms with Crippen LogP contribution in [-0.2, 0) is 25.7 Å². The molecule has 0 saturated carbocycles. The minimum atomic E-state index is -1.13. The third kappa shape index (κ3) is 4.72. The molecule has 3 aliphatic heterocycles. The summed E-state index contributed by atoms with van der Waals surface area (Å²) in [7, 11) is 0. The van der Waals surface area contributed by atoms with Gasteiger partial charge in [-0.25, -0.2) is 0 Å². The zero-order valence-electron chi connectivity index (χ0n) is 23.8. The lowest BCUT2D eigenvalue weighted by atomic mass is 9.64. The van der Waals surface area contributed by atoms with Gasteiger partial charge >= 0.3 is 0 Å². The summed E-state index contributed by atoms with van der Waals surface area (Å²) in [5.74, 6) is -2.21. The fraction of sp³-hybridized carbons (Fsp3) is 0.581. The number of carbonyl (C=O) groups excluding carboxylic acids is 3. The van der Waals surface area contributed by atoms with Gasteiger partial charge in [0.15, 0.2) is 0 Å². The van der Waals surface area contributed by atoms with Crippen molar-refractivity contribution in [3.63, 3.8) is 0 Å². The smallest absolute Gasteiger partial charge is 0.249 e. The number of hydrogen-bond donors (Lipinski definition) is 1. The first-order valence-electron chi connectivity index (χ1n) is 14.0. The Balaban J connectivity index is 1.78. The Morgan fingerprint density at radius 1 is 1.13 bits per heavy atom. The number of hydrogen-bond acceptors (Lipinski definition) is 5. The van der Waals surface area contributed by atoms with Crippen LogP contribution in [0.15, 0.2) is 55.6 Å². The van der Waals surface area contributed by atoms with E-state index < -0.39 is 34.6 Å². The second kappa shape index (κ2) is 10.9. The van der Waals surface area contributed by atoms with E-state index in [-0.39, 0.29) is 30.9 Å². The molecule has 3 saturated heterocycles. The van der Waals surface area contributed by atoms with Gasteiger partial charge in [-0.2, -0.15) is 0 Å². The van der Waals surface area contributed by atoms with E-state index in [2.05, 4.69) is 13.2 Å². The first kappa shape index (κ1) is 29.0. The third-order valence-corrected chi connectivity index (χ3v) is 8.79. The van der Waals surface area contributed by atoms with E-state index in [1.165, 1.54) is 4.90 Å². The van der Waals surface area contributed by atoms with Gasteiger partial charge in [0.2, 0.25) is 17.7 Å². The molecule has 3 heterocycles. The number of carbonyl (C=O) groups is 3. The van der Waals surface area contributed by atoms with Gasteiger partial charge in [0.25, 0.3) is 0 Å². The zero-order chi connectivity index (χ0) is 28.6. The molecule has 3 fully saturated rings. The second-order valence-corrected chi connectivity index (χ2v) is 12.0. The van der Waals surface area contributed by atoms with Crippen LogP contribution in [0.2, 0.25) is 0 Å². The average Bonchev–Trinajstić information content (AvgIpc) is 3.50. The molecule has 1 spiro atoms. The van der Waals surface area contributed by atoms with Crippen LogP contribution in [0.25, 0.3) is 0 Å². The predicted octanol–water partition coefficient (Wildman–Crippen LogP) is 3.16. The summed E-state index contributed by atoms with van der Waals surface area (Å²) >= 11 is 0. The lowest BCUT2D eigenvalue weighted by molar-refractivity contribution is -0.157. The maximum absolute atomic E-state index is 14.4. The molecule has 4 rings (SSSR count). The van der Waals surface area contributed by atoms with E-state index in [0.717, 1.165) is 5.56 Å². The molecule has 8 heteroatoms. The highest BCUT2D eigenvalue weighted by Gasteiger charge is 2.79. The van der Waals surface area contributed by atoms with Crippen LogP contribution >= 0.6 is 0 Å². The van der Waals surface area contributed by atoms with Crippen LogP contribution in [0.1, 0.15) is 52.5 Å². The van der Waals surface area contributed by atoms with Crippen LogP contribution in [-0.4, -0.2) is 86.6 Å². The van der Waals surface area contributed by atoms with Gasteiger partial charge in [0.1, 0.15) is 11.6 Å². The van der Waals surface area contributed by atoms with Crippen molar-refractivity contribution < 1.29 is 24.2 Å². The third-order valence-electron chi connectivity index (χ3n) is 8.79. The van der Waals surface area contributed by atoms with Crippen LogP contribution in [0, 0.1) is 11.8 Å². The van der Waals surface area contributed by atoms with Crippen molar-refractivity contribution in [3.05, 3.63) is 61.2 Å². The number of rotatable bonds is 11. The fourth-order valence-electron chi connectivity index (χ4n) is 7.08. The highest BCUT2D eigenvalue weighted by atomic mass is 16.5. The highest BCUT2D eigenvalue weighted by Crippen LogP contribution is 2.64. The van der Waals surface area contributed by atoms with E-state index in [1.807, 2.05) is 58.0 Å². The molecule has 3 aliphatic rings. The van der Waals surface area contributed by atoms with Gasteiger partial charge < -0.3 is 24.5 Å². The minimum absolute atomic E-state index is 0.00332. The molecule has 2 unspecified atom stereocenters. The summed E-state index contributed by atoms with van der Waals surface area (Å²) in [5, 5.41) is 9.91. The molecule has 1 aromatic carbocycles. The number of ether oxygens (including phenoxy) is 1. The van der Waals surface area contributed by atoms with E-state index in [4.69, 9.17) is 4.74 Å². The number of β-amino-alcohol motifs (C(OH)–C–C–N with tert-alkyl or cyclic N) is 1. The van der Waals surface area contributed by atoms with Gasteiger partial charge in [-0.1, -0.05) is 49.4 Å². The molecule has 8 nitrogen and oxygen atoms in total. The maximum atomic E-state index is 14.4. The van der Waals surface area contributed by atoms with Gasteiger partial charge in [-0.05, 0) is 45.6 Å². The fourth-order valence-corrected chi connectivity index (χ4v) is 7.08. The molecule has 0 radical (unpaired) electrons. The van der Waals surface area contributed by atoms with Crippen LogP contribution in [0.3, 0.4) is 0 Å². The van der Waals surface area contributed by atoms with Crippen molar-refractivity contribution in [2.45, 2.75) is 76.3 Å². The topological polar surface area (TPSA) is 90.4 Å². The minimum Gasteiger partial charge on any atom is -0.395 e. The molecular formula is C31H43N3O5. The monoisotopic (exact) mass is 537 g/mol. The van der Waals surface area contributed by atoms with Gasteiger partial charge in [-0.3, -0.25) is 14.4 Å². The molecule has 1 aromatic rings. The number of aliphatic hydroxyl groups is 1. The van der Waals surface area contributed by atoms with Crippen molar-refractivity contribution in [3.8, 4) is 0 Å². The van der Waals surface area contributed by atoms with Crippen molar-refractivity contribution >= 4 is 17.7 Å². The number of amides is 3. The first-order chi connectivity index (χ1) is 18.5. The van der Waals surface area contributed by atoms with E-state index in [1.54, 1.807) is 22.0 Å². The summed E-state index contributed by atoms with van der Waals surface area (Å²) < 4.78 is 6.86. The first-order valence-corrected chi connectivity index (χ1v) is 14.0. The van der Waals surface area contributed by atoms with Gasteiger partial charge in [0, 0.05) is 31.7 Å². The van der Waals surface area contributed by atoms with E-state index >= 15 is 0 Å². The van der Waals surface area contributed by atoms with E-state index in [0.29, 0.717) is 38.9 Å². The van der Waals surface area contributed by atoms with Gasteiger partial charge in [-0.15, -0.1) is 13.2 Å². The Hall–Kier alpha value is -2.97. The number of likely N-dealkylation sites (tertiary alicyclic amines) is 1. The average molecular weight is 538 g/mol. The van der Waals surface area contributed by atoms with Crippen molar-refractivity contribution in [1.29, 1.82) is 0 Å². The standard InChI is InChI=1S/C31H43N3O5/c1-7-17-32(21-22-13-11-10-12-14-22)26(36)23-24-27(37)33(19-20-35)25(28(38)34(18-8-2)29(4,5)6)31(24)16-15-30(23,9-3)39-31/h7-8,10-14,23-25,35H,1-2,9,15-21H2,3-6H3/t23-,24+,25?,30+,31?/m1/s1. The van der Waals surface area contributed by atoms with Crippen LogP contribution in [0.4, 0.5) is 0 Å². The quantitative estimate of drug-likeness (QED) is 0.438. The van der Waals surface area contributed by atoms with E-state index in [9.17, 15) is 19.5 Å². The Labute approximate surface area is 232 Å². The predicted molar refractivity (Wildman–Crippen MR) is 149 cm³/mol. The second-order valence-electron chi connectivity index (χ2n) is 12.0. The number of aliphatic hydroxyl groups excluding tert-OH is 1. The van der Waals surface area contributed by atoms with Crippen molar-refractivity contribution in [1.82, 2.24) is 14.7 Å². The van der Waals surface area contributed by atoms with Gasteiger partial charge in [0.05, 0.1) is 24.0 Å². The molecule has 1 N–H and O–H groups in total. The summed E-state index contributed by atoms with van der Waals surface area (Å²) in [6, 6.07) is 8.81. The number of fused-ring (bicyclic) bond motifs is 1. The molecule has 5 atom stereocenters. The normalized spacial score (nSPS) is 29.3. The maximum Gasteiger partial charge on any atom is 0.249 e. The molecule has 3 amide bonds. The van der Waals surface area contributed by atoms with Crippen molar-refractivity contribution in [2.75, 3.05) is 26.2 Å². The lowest BCUT2D eigenvalue weighted by Gasteiger charge is -2.42. The summed E-state index contributed by atoms with van der Waals surface area (Å²) in [6.45, 7) is 16.3. The van der Waals surface area contributed by atoms with Crippen molar-refractivity contribution in [2.24, 2.45) is 11.8 Å². The number of benzene rings is 1. The van der Waals surface area contributed by atoms with Crippen LogP contribution in [0.5, 0.6) is 0 Å². The molecule has 0 aliphatic carbocycles. The molecule has 212 valence electrons. The highest BCUT2D eigenvalue weighted by molar-refractivity contribution is 5.99. The molecular weight excluding hydrogens is 494 g/mol. The Morgan fingerprint density at radius 2 is 1.79 bits per heavy atom.